The maximum absolute atomic E-state index is 9.83. The maximum atomic E-state index is 9.83. The van der Waals surface area contributed by atoms with E-state index in [0.717, 1.165) is 12.6 Å². The predicted octanol–water partition coefficient (Wildman–Crippen LogP) is 4.30. The number of nitrogens with zero attached hydrogens (tertiary/aromatic N) is 1. The zero-order valence-corrected chi connectivity index (χ0v) is 16.1. The molecular formula is C22H36N2O. The highest BCUT2D eigenvalue weighted by Gasteiger charge is 2.37. The van der Waals surface area contributed by atoms with Crippen LogP contribution < -0.4 is 5.32 Å². The van der Waals surface area contributed by atoms with Crippen LogP contribution in [0.25, 0.3) is 0 Å². The van der Waals surface area contributed by atoms with Crippen molar-refractivity contribution in [3.05, 3.63) is 29.8 Å². The molecule has 2 unspecified atom stereocenters. The minimum absolute atomic E-state index is 0.176. The van der Waals surface area contributed by atoms with Crippen molar-refractivity contribution in [2.45, 2.75) is 70.3 Å². The maximum Gasteiger partial charge on any atom is 0.115 e. The molecule has 3 heteroatoms. The first kappa shape index (κ1) is 18.7. The average molecular weight is 345 g/mol. The molecule has 1 aromatic carbocycles. The predicted molar refractivity (Wildman–Crippen MR) is 105 cm³/mol. The minimum atomic E-state index is 0.176. The van der Waals surface area contributed by atoms with Gasteiger partial charge in [0.2, 0.25) is 0 Å². The van der Waals surface area contributed by atoms with Gasteiger partial charge in [-0.2, -0.15) is 0 Å². The zero-order chi connectivity index (χ0) is 17.7. The molecule has 2 N–H and O–H groups in total. The van der Waals surface area contributed by atoms with Gasteiger partial charge in [0, 0.05) is 12.6 Å². The molecule has 0 bridgehead atoms. The molecule has 2 aliphatic rings. The Hall–Kier alpha value is -1.06. The molecule has 1 heterocycles. The average Bonchev–Trinajstić information content (AvgIpc) is 2.63. The third kappa shape index (κ3) is 4.77. The van der Waals surface area contributed by atoms with Gasteiger partial charge in [-0.05, 0) is 74.3 Å². The van der Waals surface area contributed by atoms with Gasteiger partial charge < -0.3 is 15.3 Å². The van der Waals surface area contributed by atoms with Crippen LogP contribution in [0, 0.1) is 5.92 Å². The topological polar surface area (TPSA) is 35.5 Å². The van der Waals surface area contributed by atoms with Crippen LogP contribution in [-0.2, 0) is 5.41 Å². The van der Waals surface area contributed by atoms with Crippen LogP contribution in [0.15, 0.2) is 24.3 Å². The second-order valence-electron chi connectivity index (χ2n) is 8.56. The highest BCUT2D eigenvalue weighted by Crippen LogP contribution is 2.40. The summed E-state index contributed by atoms with van der Waals surface area (Å²) in [4.78, 5) is 2.64. The van der Waals surface area contributed by atoms with E-state index in [1.807, 2.05) is 12.1 Å². The number of hydrogen-bond donors (Lipinski definition) is 2. The molecule has 25 heavy (non-hydrogen) atoms. The van der Waals surface area contributed by atoms with E-state index in [4.69, 9.17) is 0 Å². The number of likely N-dealkylation sites (tertiary alicyclic amines) is 1. The van der Waals surface area contributed by atoms with E-state index in [1.54, 1.807) is 6.07 Å². The quantitative estimate of drug-likeness (QED) is 0.755. The van der Waals surface area contributed by atoms with Crippen LogP contribution in [0.2, 0.25) is 0 Å². The van der Waals surface area contributed by atoms with Gasteiger partial charge in [-0.15, -0.1) is 0 Å². The molecule has 1 saturated heterocycles. The lowest BCUT2D eigenvalue weighted by molar-refractivity contribution is 0.110. The highest BCUT2D eigenvalue weighted by molar-refractivity contribution is 5.33. The Morgan fingerprint density at radius 1 is 1.24 bits per heavy atom. The highest BCUT2D eigenvalue weighted by atomic mass is 16.3. The summed E-state index contributed by atoms with van der Waals surface area (Å²) in [5, 5.41) is 13.6. The summed E-state index contributed by atoms with van der Waals surface area (Å²) >= 11 is 0. The molecule has 1 saturated carbocycles. The summed E-state index contributed by atoms with van der Waals surface area (Å²) in [6.07, 6.45) is 9.44. The smallest absolute Gasteiger partial charge is 0.115 e. The number of hydrogen-bond acceptors (Lipinski definition) is 3. The molecule has 140 valence electrons. The molecule has 1 aromatic rings. The van der Waals surface area contributed by atoms with Crippen molar-refractivity contribution in [1.29, 1.82) is 0 Å². The van der Waals surface area contributed by atoms with Crippen LogP contribution in [0.3, 0.4) is 0 Å². The van der Waals surface area contributed by atoms with Gasteiger partial charge in [-0.1, -0.05) is 45.2 Å². The minimum Gasteiger partial charge on any atom is -0.508 e. The summed E-state index contributed by atoms with van der Waals surface area (Å²) in [6.45, 7) is 9.44. The van der Waals surface area contributed by atoms with E-state index in [-0.39, 0.29) is 5.41 Å². The molecule has 3 nitrogen and oxygen atoms in total. The van der Waals surface area contributed by atoms with Crippen molar-refractivity contribution < 1.29 is 5.11 Å². The molecule has 2 fully saturated rings. The molecule has 0 spiro atoms. The van der Waals surface area contributed by atoms with Gasteiger partial charge in [0.1, 0.15) is 5.75 Å². The van der Waals surface area contributed by atoms with Crippen molar-refractivity contribution >= 4 is 0 Å². The van der Waals surface area contributed by atoms with Crippen molar-refractivity contribution in [3.63, 3.8) is 0 Å². The SMILES string of the molecule is CC1CN(CCCNC2CCCCC2)CCC1(C)c1cccc(O)c1. The fourth-order valence-electron chi connectivity index (χ4n) is 4.73. The largest absolute Gasteiger partial charge is 0.508 e. The monoisotopic (exact) mass is 344 g/mol. The van der Waals surface area contributed by atoms with E-state index in [1.165, 1.54) is 70.1 Å². The van der Waals surface area contributed by atoms with Gasteiger partial charge in [0.25, 0.3) is 0 Å². The Morgan fingerprint density at radius 2 is 2.04 bits per heavy atom. The summed E-state index contributed by atoms with van der Waals surface area (Å²) in [5.41, 5.74) is 1.47. The normalized spacial score (nSPS) is 29.0. The number of benzene rings is 1. The van der Waals surface area contributed by atoms with Crippen LogP contribution in [0.1, 0.15) is 64.4 Å². The molecule has 0 aromatic heterocycles. The van der Waals surface area contributed by atoms with Crippen LogP contribution >= 0.6 is 0 Å². The van der Waals surface area contributed by atoms with Gasteiger partial charge in [0.05, 0.1) is 0 Å². The van der Waals surface area contributed by atoms with E-state index in [9.17, 15) is 5.11 Å². The third-order valence-electron chi connectivity index (χ3n) is 6.76. The Labute approximate surface area is 153 Å². The first-order valence-corrected chi connectivity index (χ1v) is 10.3. The summed E-state index contributed by atoms with van der Waals surface area (Å²) in [7, 11) is 0. The van der Waals surface area contributed by atoms with Gasteiger partial charge in [0.15, 0.2) is 0 Å². The Morgan fingerprint density at radius 3 is 2.76 bits per heavy atom. The fraction of sp³-hybridized carbons (Fsp3) is 0.727. The van der Waals surface area contributed by atoms with E-state index in [2.05, 4.69) is 30.1 Å². The first-order valence-electron chi connectivity index (χ1n) is 10.3. The van der Waals surface area contributed by atoms with Crippen LogP contribution in [0.5, 0.6) is 5.75 Å². The Balaban J connectivity index is 1.43. The van der Waals surface area contributed by atoms with Crippen molar-refractivity contribution in [3.8, 4) is 5.75 Å². The summed E-state index contributed by atoms with van der Waals surface area (Å²) < 4.78 is 0. The van der Waals surface area contributed by atoms with E-state index < -0.39 is 0 Å². The van der Waals surface area contributed by atoms with Gasteiger partial charge in [-0.25, -0.2) is 0 Å². The fourth-order valence-corrected chi connectivity index (χ4v) is 4.73. The number of phenolic OH excluding ortho intramolecular Hbond substituents is 1. The zero-order valence-electron chi connectivity index (χ0n) is 16.1. The van der Waals surface area contributed by atoms with Crippen LogP contribution in [0.4, 0.5) is 0 Å². The molecule has 1 aliphatic carbocycles. The standard InChI is InChI=1S/C22H36N2O/c1-18-17-24(14-7-13-23-20-9-4-3-5-10-20)15-12-22(18,2)19-8-6-11-21(25)16-19/h6,8,11,16,18,20,23,25H,3-5,7,9-10,12-15,17H2,1-2H3. The number of piperidine rings is 1. The molecular weight excluding hydrogens is 308 g/mol. The first-order chi connectivity index (χ1) is 12.1. The van der Waals surface area contributed by atoms with Gasteiger partial charge >= 0.3 is 0 Å². The van der Waals surface area contributed by atoms with E-state index >= 15 is 0 Å². The Kier molecular flexibility index (Phi) is 6.40. The molecule has 0 radical (unpaired) electrons. The lowest BCUT2D eigenvalue weighted by atomic mass is 9.68. The lowest BCUT2D eigenvalue weighted by Gasteiger charge is -2.45. The summed E-state index contributed by atoms with van der Waals surface area (Å²) in [5.74, 6) is 0.997. The van der Waals surface area contributed by atoms with Gasteiger partial charge in [-0.3, -0.25) is 0 Å². The van der Waals surface area contributed by atoms with E-state index in [0.29, 0.717) is 11.7 Å². The van der Waals surface area contributed by atoms with Crippen LogP contribution in [-0.4, -0.2) is 42.2 Å². The number of aromatic hydroxyl groups is 1. The second-order valence-corrected chi connectivity index (χ2v) is 8.56. The second kappa shape index (κ2) is 8.55. The number of phenols is 1. The summed E-state index contributed by atoms with van der Waals surface area (Å²) in [6, 6.07) is 8.67. The Bertz CT molecular complexity index is 541. The molecule has 2 atom stereocenters. The molecule has 1 aliphatic heterocycles. The number of nitrogens with one attached hydrogen (secondary N) is 1. The molecule has 3 rings (SSSR count). The van der Waals surface area contributed by atoms with Crippen molar-refractivity contribution in [1.82, 2.24) is 10.2 Å². The molecule has 0 amide bonds. The number of rotatable bonds is 6. The van der Waals surface area contributed by atoms with Crippen molar-refractivity contribution in [2.24, 2.45) is 5.92 Å². The third-order valence-corrected chi connectivity index (χ3v) is 6.76. The lowest BCUT2D eigenvalue weighted by Crippen LogP contribution is -2.47. The van der Waals surface area contributed by atoms with Crippen molar-refractivity contribution in [2.75, 3.05) is 26.2 Å².